The Hall–Kier alpha value is -2.92. The zero-order valence-corrected chi connectivity index (χ0v) is 19.7. The molecule has 2 heterocycles. The van der Waals surface area contributed by atoms with Crippen LogP contribution in [0.3, 0.4) is 0 Å². The second-order valence-electron chi connectivity index (χ2n) is 9.51. The van der Waals surface area contributed by atoms with Crippen molar-refractivity contribution in [1.29, 1.82) is 0 Å². The molecule has 1 saturated carbocycles. The van der Waals surface area contributed by atoms with Gasteiger partial charge in [0.05, 0.1) is 11.0 Å². The van der Waals surface area contributed by atoms with Gasteiger partial charge < -0.3 is 15.6 Å². The number of fused-ring (bicyclic) bond motifs is 3. The molecule has 0 amide bonds. The number of nitrogens with zero attached hydrogens (tertiary/aromatic N) is 3. The molecule has 0 saturated heterocycles. The number of imidazole rings is 1. The zero-order valence-electron chi connectivity index (χ0n) is 19.7. The van der Waals surface area contributed by atoms with Gasteiger partial charge in [-0.15, -0.1) is 0 Å². The van der Waals surface area contributed by atoms with Crippen molar-refractivity contribution in [2.24, 2.45) is 5.92 Å². The fourth-order valence-electron chi connectivity index (χ4n) is 4.87. The van der Waals surface area contributed by atoms with Crippen molar-refractivity contribution in [3.8, 4) is 0 Å². The van der Waals surface area contributed by atoms with Gasteiger partial charge in [-0.3, -0.25) is 0 Å². The number of nitrogens with two attached hydrogens (primary N) is 1. The summed E-state index contributed by atoms with van der Waals surface area (Å²) in [7, 11) is 0. The molecule has 0 spiro atoms. The van der Waals surface area contributed by atoms with Gasteiger partial charge in [0, 0.05) is 24.9 Å². The minimum absolute atomic E-state index is 0.517. The number of aromatic nitrogens is 3. The minimum Gasteiger partial charge on any atom is -0.382 e. The number of hydrogen-bond acceptors (Lipinski definition) is 4. The summed E-state index contributed by atoms with van der Waals surface area (Å²) in [5, 5.41) is 4.73. The molecule has 1 fully saturated rings. The first-order valence-corrected chi connectivity index (χ1v) is 12.5. The molecule has 2 aromatic carbocycles. The number of nitrogen functional groups attached to an aromatic ring is 1. The van der Waals surface area contributed by atoms with E-state index in [0.717, 1.165) is 72.6 Å². The molecule has 5 nitrogen and oxygen atoms in total. The number of benzene rings is 2. The first-order chi connectivity index (χ1) is 16.2. The second-order valence-corrected chi connectivity index (χ2v) is 9.51. The standard InChI is InChI=1S/C28H35N5/c1-2-3-11-25-32-26-27(23-9-4-5-10-24(23)31-28(26)29)33(25)19-22-14-12-21(13-15-22)18-30-17-16-20-7-6-8-20/h4-5,9-10,12-15,20,30H,2-3,6-8,11,16-19H2,1H3,(H2,29,31). The van der Waals surface area contributed by atoms with Crippen LogP contribution >= 0.6 is 0 Å². The molecular weight excluding hydrogens is 406 g/mol. The number of anilines is 1. The third-order valence-electron chi connectivity index (χ3n) is 7.09. The lowest BCUT2D eigenvalue weighted by atomic mass is 9.83. The Labute approximate surface area is 196 Å². The molecular formula is C28H35N5. The normalized spacial score (nSPS) is 14.2. The molecule has 0 unspecified atom stereocenters. The number of nitrogens with one attached hydrogen (secondary N) is 1. The van der Waals surface area contributed by atoms with E-state index in [0.29, 0.717) is 5.82 Å². The van der Waals surface area contributed by atoms with Crippen molar-refractivity contribution in [2.75, 3.05) is 12.3 Å². The number of para-hydroxylation sites is 1. The fraction of sp³-hybridized carbons (Fsp3) is 0.429. The van der Waals surface area contributed by atoms with E-state index in [1.54, 1.807) is 0 Å². The lowest BCUT2D eigenvalue weighted by molar-refractivity contribution is 0.292. The van der Waals surface area contributed by atoms with Crippen LogP contribution in [-0.4, -0.2) is 21.1 Å². The maximum absolute atomic E-state index is 6.34. The molecule has 1 aliphatic rings. The molecule has 1 aliphatic carbocycles. The Morgan fingerprint density at radius 2 is 1.82 bits per heavy atom. The summed E-state index contributed by atoms with van der Waals surface area (Å²) in [6, 6.07) is 17.3. The van der Waals surface area contributed by atoms with Crippen LogP contribution in [0.15, 0.2) is 48.5 Å². The summed E-state index contributed by atoms with van der Waals surface area (Å²) in [6.07, 6.45) is 8.80. The Bertz CT molecular complexity index is 1220. The predicted octanol–water partition coefficient (Wildman–Crippen LogP) is 5.84. The van der Waals surface area contributed by atoms with E-state index < -0.39 is 0 Å². The number of rotatable bonds is 10. The maximum atomic E-state index is 6.34. The van der Waals surface area contributed by atoms with Crippen molar-refractivity contribution >= 4 is 27.8 Å². The molecule has 33 heavy (non-hydrogen) atoms. The largest absolute Gasteiger partial charge is 0.382 e. The highest BCUT2D eigenvalue weighted by Crippen LogP contribution is 2.30. The van der Waals surface area contributed by atoms with Gasteiger partial charge >= 0.3 is 0 Å². The summed E-state index contributed by atoms with van der Waals surface area (Å²) < 4.78 is 2.36. The lowest BCUT2D eigenvalue weighted by Gasteiger charge is -2.25. The smallest absolute Gasteiger partial charge is 0.152 e. The number of hydrogen-bond donors (Lipinski definition) is 2. The Balaban J connectivity index is 1.39. The number of aryl methyl sites for hydroxylation is 1. The number of unbranched alkanes of at least 4 members (excludes halogenated alkanes) is 1. The van der Waals surface area contributed by atoms with E-state index in [9.17, 15) is 0 Å². The van der Waals surface area contributed by atoms with Crippen LogP contribution in [0.1, 0.15) is 62.4 Å². The molecule has 0 aliphatic heterocycles. The van der Waals surface area contributed by atoms with Crippen molar-refractivity contribution in [3.63, 3.8) is 0 Å². The van der Waals surface area contributed by atoms with Crippen LogP contribution in [0, 0.1) is 5.92 Å². The summed E-state index contributed by atoms with van der Waals surface area (Å²) in [5.74, 6) is 2.58. The number of pyridine rings is 1. The van der Waals surface area contributed by atoms with E-state index in [1.807, 2.05) is 12.1 Å². The van der Waals surface area contributed by atoms with Gasteiger partial charge in [-0.2, -0.15) is 0 Å². The topological polar surface area (TPSA) is 68.8 Å². The Kier molecular flexibility index (Phi) is 6.58. The van der Waals surface area contributed by atoms with E-state index >= 15 is 0 Å². The maximum Gasteiger partial charge on any atom is 0.152 e. The average molecular weight is 442 g/mol. The van der Waals surface area contributed by atoms with E-state index in [1.165, 1.54) is 36.8 Å². The van der Waals surface area contributed by atoms with Crippen molar-refractivity contribution in [3.05, 3.63) is 65.5 Å². The summed E-state index contributed by atoms with van der Waals surface area (Å²) >= 11 is 0. The highest BCUT2D eigenvalue weighted by molar-refractivity contribution is 6.06. The molecule has 3 N–H and O–H groups in total. The Morgan fingerprint density at radius 3 is 2.58 bits per heavy atom. The average Bonchev–Trinajstić information content (AvgIpc) is 3.16. The fourth-order valence-corrected chi connectivity index (χ4v) is 4.87. The quantitative estimate of drug-likeness (QED) is 0.304. The van der Waals surface area contributed by atoms with E-state index in [2.05, 4.69) is 58.2 Å². The molecule has 0 radical (unpaired) electrons. The first-order valence-electron chi connectivity index (χ1n) is 12.5. The van der Waals surface area contributed by atoms with Gasteiger partial charge in [0.2, 0.25) is 0 Å². The zero-order chi connectivity index (χ0) is 22.6. The van der Waals surface area contributed by atoms with Gasteiger partial charge in [-0.1, -0.05) is 75.1 Å². The van der Waals surface area contributed by atoms with Crippen LogP contribution < -0.4 is 11.1 Å². The first kappa shape index (κ1) is 21.9. The van der Waals surface area contributed by atoms with Gasteiger partial charge in [-0.25, -0.2) is 9.97 Å². The molecule has 5 heteroatoms. The SMILES string of the molecule is CCCCc1nc2c(N)nc3ccccc3c2n1Cc1ccc(CNCCC2CCC2)cc1. The minimum atomic E-state index is 0.517. The van der Waals surface area contributed by atoms with Gasteiger partial charge in [-0.05, 0) is 42.5 Å². The van der Waals surface area contributed by atoms with E-state index in [-0.39, 0.29) is 0 Å². The van der Waals surface area contributed by atoms with Crippen LogP contribution in [0.4, 0.5) is 5.82 Å². The molecule has 0 bridgehead atoms. The third-order valence-corrected chi connectivity index (χ3v) is 7.09. The van der Waals surface area contributed by atoms with Crippen LogP contribution in [-0.2, 0) is 19.5 Å². The Morgan fingerprint density at radius 1 is 1.03 bits per heavy atom. The molecule has 172 valence electrons. The monoisotopic (exact) mass is 441 g/mol. The highest BCUT2D eigenvalue weighted by atomic mass is 15.1. The molecule has 2 aromatic heterocycles. The van der Waals surface area contributed by atoms with Crippen molar-refractivity contribution in [2.45, 2.75) is 65.0 Å². The van der Waals surface area contributed by atoms with Crippen molar-refractivity contribution < 1.29 is 0 Å². The predicted molar refractivity (Wildman–Crippen MR) is 137 cm³/mol. The lowest BCUT2D eigenvalue weighted by Crippen LogP contribution is -2.21. The van der Waals surface area contributed by atoms with Gasteiger partial charge in [0.1, 0.15) is 11.3 Å². The van der Waals surface area contributed by atoms with Gasteiger partial charge in [0.15, 0.2) is 5.82 Å². The molecule has 0 atom stereocenters. The van der Waals surface area contributed by atoms with Crippen LogP contribution in [0.25, 0.3) is 21.9 Å². The molecule has 4 aromatic rings. The van der Waals surface area contributed by atoms with Gasteiger partial charge in [0.25, 0.3) is 0 Å². The van der Waals surface area contributed by atoms with Crippen molar-refractivity contribution in [1.82, 2.24) is 19.9 Å². The summed E-state index contributed by atoms with van der Waals surface area (Å²) in [4.78, 5) is 9.56. The van der Waals surface area contributed by atoms with Crippen LogP contribution in [0.5, 0.6) is 0 Å². The molecule has 5 rings (SSSR count). The third kappa shape index (κ3) is 4.74. The van der Waals surface area contributed by atoms with Crippen LogP contribution in [0.2, 0.25) is 0 Å². The highest BCUT2D eigenvalue weighted by Gasteiger charge is 2.18. The summed E-state index contributed by atoms with van der Waals surface area (Å²) in [5.41, 5.74) is 11.8. The van der Waals surface area contributed by atoms with E-state index in [4.69, 9.17) is 10.7 Å². The second kappa shape index (κ2) is 9.92. The summed E-state index contributed by atoms with van der Waals surface area (Å²) in [6.45, 7) is 5.07.